The smallest absolute Gasteiger partial charge is 0.396 e. The summed E-state index contributed by atoms with van der Waals surface area (Å²) in [5.41, 5.74) is 4.26. The summed E-state index contributed by atoms with van der Waals surface area (Å²) in [5.74, 6) is -0.303. The fraction of sp³-hybridized carbons (Fsp3) is 0.636. The third-order valence-electron chi connectivity index (χ3n) is 2.50. The lowest BCUT2D eigenvalue weighted by atomic mass is 10.2. The van der Waals surface area contributed by atoms with E-state index in [0.717, 1.165) is 6.07 Å². The minimum absolute atomic E-state index is 0.0457. The topological polar surface area (TPSA) is 75.3 Å². The van der Waals surface area contributed by atoms with Crippen molar-refractivity contribution < 1.29 is 18.3 Å². The molecule has 1 aromatic heterocycles. The highest BCUT2D eigenvalue weighted by molar-refractivity contribution is 5.44. The molecule has 19 heavy (non-hydrogen) atoms. The lowest BCUT2D eigenvalue weighted by molar-refractivity contribution is -0.141. The Morgan fingerprint density at radius 1 is 1.37 bits per heavy atom. The van der Waals surface area contributed by atoms with Crippen LogP contribution in [-0.4, -0.2) is 34.3 Å². The number of aliphatic hydroxyl groups is 1. The van der Waals surface area contributed by atoms with Crippen LogP contribution < -0.4 is 10.6 Å². The number of aromatic nitrogens is 2. The molecule has 0 bridgehead atoms. The fourth-order valence-corrected chi connectivity index (χ4v) is 1.62. The molecule has 0 saturated heterocycles. The van der Waals surface area contributed by atoms with Crippen LogP contribution in [-0.2, 0) is 6.18 Å². The Kier molecular flexibility index (Phi) is 4.93. The molecule has 8 heteroatoms. The van der Waals surface area contributed by atoms with Gasteiger partial charge in [-0.25, -0.2) is 4.98 Å². The number of nitrogen functional groups attached to an aromatic ring is 1. The third kappa shape index (κ3) is 4.23. The Labute approximate surface area is 109 Å². The first-order valence-corrected chi connectivity index (χ1v) is 5.85. The van der Waals surface area contributed by atoms with Gasteiger partial charge in [0.1, 0.15) is 5.82 Å². The number of anilines is 2. The van der Waals surface area contributed by atoms with Gasteiger partial charge in [-0.2, -0.15) is 18.2 Å². The summed E-state index contributed by atoms with van der Waals surface area (Å²) in [6.07, 6.45) is -4.13. The maximum atomic E-state index is 12.7. The summed E-state index contributed by atoms with van der Waals surface area (Å²) in [6.45, 7) is 3.99. The van der Waals surface area contributed by atoms with E-state index < -0.39 is 17.8 Å². The fourth-order valence-electron chi connectivity index (χ4n) is 1.62. The number of rotatable bonds is 5. The van der Waals surface area contributed by atoms with Gasteiger partial charge in [0, 0.05) is 25.3 Å². The van der Waals surface area contributed by atoms with Crippen molar-refractivity contribution in [2.75, 3.05) is 23.8 Å². The number of nitrogens with zero attached hydrogens (tertiary/aromatic N) is 3. The molecule has 0 aliphatic rings. The van der Waals surface area contributed by atoms with Crippen molar-refractivity contribution in [2.24, 2.45) is 0 Å². The minimum atomic E-state index is -4.56. The molecule has 0 spiro atoms. The van der Waals surface area contributed by atoms with Crippen molar-refractivity contribution in [1.29, 1.82) is 0 Å². The highest BCUT2D eigenvalue weighted by Gasteiger charge is 2.34. The van der Waals surface area contributed by atoms with Crippen molar-refractivity contribution in [2.45, 2.75) is 32.5 Å². The van der Waals surface area contributed by atoms with E-state index in [2.05, 4.69) is 9.97 Å². The Hall–Kier alpha value is -1.57. The van der Waals surface area contributed by atoms with Gasteiger partial charge in [0.25, 0.3) is 0 Å². The maximum absolute atomic E-state index is 12.7. The Balaban J connectivity index is 3.12. The largest absolute Gasteiger partial charge is 0.433 e. The van der Waals surface area contributed by atoms with Gasteiger partial charge in [-0.15, -0.1) is 0 Å². The molecule has 1 aromatic rings. The average Bonchev–Trinajstić information content (AvgIpc) is 2.27. The summed E-state index contributed by atoms with van der Waals surface area (Å²) in [7, 11) is 0. The van der Waals surface area contributed by atoms with E-state index in [0.29, 0.717) is 13.0 Å². The molecule has 0 aromatic carbocycles. The number of alkyl halides is 3. The van der Waals surface area contributed by atoms with Crippen LogP contribution >= 0.6 is 0 Å². The van der Waals surface area contributed by atoms with Gasteiger partial charge in [-0.1, -0.05) is 0 Å². The highest BCUT2D eigenvalue weighted by atomic mass is 19.4. The molecular weight excluding hydrogens is 261 g/mol. The summed E-state index contributed by atoms with van der Waals surface area (Å²) >= 11 is 0. The molecule has 0 fully saturated rings. The Bertz CT molecular complexity index is 423. The van der Waals surface area contributed by atoms with Crippen LogP contribution in [0.15, 0.2) is 6.07 Å². The van der Waals surface area contributed by atoms with Crippen molar-refractivity contribution in [3.05, 3.63) is 11.8 Å². The van der Waals surface area contributed by atoms with Crippen LogP contribution in [0.5, 0.6) is 0 Å². The van der Waals surface area contributed by atoms with E-state index in [-0.39, 0.29) is 18.5 Å². The van der Waals surface area contributed by atoms with Crippen LogP contribution in [0.4, 0.5) is 24.9 Å². The Morgan fingerprint density at radius 3 is 2.47 bits per heavy atom. The number of hydrogen-bond acceptors (Lipinski definition) is 5. The molecule has 3 N–H and O–H groups in total. The molecule has 108 valence electrons. The molecular formula is C11H17F3N4O. The summed E-state index contributed by atoms with van der Waals surface area (Å²) in [5, 5.41) is 8.82. The average molecular weight is 278 g/mol. The summed E-state index contributed by atoms with van der Waals surface area (Å²) < 4.78 is 38.0. The predicted octanol–water partition coefficient (Wildman–Crippen LogP) is 1.67. The lowest BCUT2D eigenvalue weighted by Crippen LogP contribution is -2.33. The van der Waals surface area contributed by atoms with E-state index in [4.69, 9.17) is 10.8 Å². The van der Waals surface area contributed by atoms with Crippen LogP contribution in [0.1, 0.15) is 26.0 Å². The molecule has 0 atom stereocenters. The third-order valence-corrected chi connectivity index (χ3v) is 2.50. The summed E-state index contributed by atoms with van der Waals surface area (Å²) in [6, 6.07) is 0.801. The maximum Gasteiger partial charge on any atom is 0.433 e. The molecule has 1 heterocycles. The zero-order chi connectivity index (χ0) is 14.6. The van der Waals surface area contributed by atoms with Crippen LogP contribution in [0.2, 0.25) is 0 Å². The predicted molar refractivity (Wildman–Crippen MR) is 65.6 cm³/mol. The molecule has 0 radical (unpaired) electrons. The molecule has 0 amide bonds. The monoisotopic (exact) mass is 278 g/mol. The standard InChI is InChI=1S/C11H17F3N4O/c1-7(2)18(4-3-5-19)9-6-8(11(12,13)14)16-10(15)17-9/h6-7,19H,3-5H2,1-2H3,(H2,15,16,17). The van der Waals surface area contributed by atoms with E-state index in [1.807, 2.05) is 13.8 Å². The van der Waals surface area contributed by atoms with E-state index in [9.17, 15) is 13.2 Å². The zero-order valence-electron chi connectivity index (χ0n) is 10.8. The van der Waals surface area contributed by atoms with Gasteiger partial charge in [-0.3, -0.25) is 0 Å². The number of aliphatic hydroxyl groups excluding tert-OH is 1. The normalized spacial score (nSPS) is 11.9. The second-order valence-corrected chi connectivity index (χ2v) is 4.33. The molecule has 0 aliphatic carbocycles. The van der Waals surface area contributed by atoms with Crippen molar-refractivity contribution in [3.63, 3.8) is 0 Å². The molecule has 0 unspecified atom stereocenters. The van der Waals surface area contributed by atoms with Gasteiger partial charge in [-0.05, 0) is 20.3 Å². The van der Waals surface area contributed by atoms with Crippen LogP contribution in [0, 0.1) is 0 Å². The number of hydrogen-bond donors (Lipinski definition) is 2. The van der Waals surface area contributed by atoms with Crippen molar-refractivity contribution in [3.8, 4) is 0 Å². The van der Waals surface area contributed by atoms with Gasteiger partial charge < -0.3 is 15.7 Å². The Morgan fingerprint density at radius 2 is 2.00 bits per heavy atom. The first kappa shape index (κ1) is 15.5. The first-order valence-electron chi connectivity index (χ1n) is 5.85. The summed E-state index contributed by atoms with van der Waals surface area (Å²) in [4.78, 5) is 8.67. The second-order valence-electron chi connectivity index (χ2n) is 4.33. The molecule has 1 rings (SSSR count). The quantitative estimate of drug-likeness (QED) is 0.857. The molecule has 0 aliphatic heterocycles. The van der Waals surface area contributed by atoms with Gasteiger partial charge >= 0.3 is 6.18 Å². The SMILES string of the molecule is CC(C)N(CCCO)c1cc(C(F)(F)F)nc(N)n1. The lowest BCUT2D eigenvalue weighted by Gasteiger charge is -2.28. The highest BCUT2D eigenvalue weighted by Crippen LogP contribution is 2.30. The van der Waals surface area contributed by atoms with E-state index in [1.54, 1.807) is 4.90 Å². The molecule has 0 saturated carbocycles. The number of nitrogens with two attached hydrogens (primary N) is 1. The second kappa shape index (κ2) is 6.05. The minimum Gasteiger partial charge on any atom is -0.396 e. The van der Waals surface area contributed by atoms with Crippen LogP contribution in [0.3, 0.4) is 0 Å². The number of halogens is 3. The van der Waals surface area contributed by atoms with Gasteiger partial charge in [0.05, 0.1) is 0 Å². The van der Waals surface area contributed by atoms with Gasteiger partial charge in [0.15, 0.2) is 5.69 Å². The van der Waals surface area contributed by atoms with Crippen molar-refractivity contribution in [1.82, 2.24) is 9.97 Å². The van der Waals surface area contributed by atoms with Gasteiger partial charge in [0.2, 0.25) is 5.95 Å². The van der Waals surface area contributed by atoms with E-state index >= 15 is 0 Å². The van der Waals surface area contributed by atoms with Crippen molar-refractivity contribution >= 4 is 11.8 Å². The van der Waals surface area contributed by atoms with Crippen LogP contribution in [0.25, 0.3) is 0 Å². The van der Waals surface area contributed by atoms with E-state index in [1.165, 1.54) is 0 Å². The zero-order valence-corrected chi connectivity index (χ0v) is 10.8. The molecule has 5 nitrogen and oxygen atoms in total. The first-order chi connectivity index (χ1) is 8.75.